The first-order chi connectivity index (χ1) is 12.6. The van der Waals surface area contributed by atoms with Crippen LogP contribution in [0.1, 0.15) is 19.4 Å². The van der Waals surface area contributed by atoms with Crippen LogP contribution in [-0.4, -0.2) is 37.9 Å². The zero-order valence-corrected chi connectivity index (χ0v) is 16.8. The Balaban J connectivity index is 1.69. The summed E-state index contributed by atoms with van der Waals surface area (Å²) in [5, 5.41) is 11.2. The first-order valence-corrected chi connectivity index (χ1v) is 10.3. The minimum absolute atomic E-state index is 0.0854. The molecule has 0 radical (unpaired) electrons. The van der Waals surface area contributed by atoms with Gasteiger partial charge in [-0.2, -0.15) is 0 Å². The largest absolute Gasteiger partial charge is 0.340 e. The normalized spacial score (nSPS) is 12.1. The fourth-order valence-corrected chi connectivity index (χ4v) is 4.45. The highest BCUT2D eigenvalue weighted by molar-refractivity contribution is 8.00. The van der Waals surface area contributed by atoms with Gasteiger partial charge in [0.05, 0.1) is 10.1 Å². The predicted molar refractivity (Wildman–Crippen MR) is 107 cm³/mol. The van der Waals surface area contributed by atoms with Crippen molar-refractivity contribution in [3.05, 3.63) is 53.4 Å². The van der Waals surface area contributed by atoms with Crippen molar-refractivity contribution in [2.45, 2.75) is 37.3 Å². The molecule has 0 saturated heterocycles. The molecule has 3 rings (SSSR count). The number of benzene rings is 1. The number of carbonyl (C=O) groups excluding carboxylic acids is 1. The quantitative estimate of drug-likeness (QED) is 0.572. The maximum atomic E-state index is 12.7. The fourth-order valence-electron chi connectivity index (χ4n) is 2.70. The van der Waals surface area contributed by atoms with E-state index in [0.29, 0.717) is 6.54 Å². The predicted octanol–water partition coefficient (Wildman–Crippen LogP) is 4.17. The number of hydrogen-bond donors (Lipinski definition) is 0. The van der Waals surface area contributed by atoms with Crippen LogP contribution in [0, 0.1) is 0 Å². The van der Waals surface area contributed by atoms with Gasteiger partial charge in [0.15, 0.2) is 11.0 Å². The van der Waals surface area contributed by atoms with Crippen LogP contribution >= 0.6 is 23.1 Å². The van der Waals surface area contributed by atoms with Gasteiger partial charge >= 0.3 is 0 Å². The third-order valence-electron chi connectivity index (χ3n) is 4.04. The van der Waals surface area contributed by atoms with Crippen molar-refractivity contribution in [3.63, 3.8) is 0 Å². The molecule has 5 nitrogen and oxygen atoms in total. The second-order valence-electron chi connectivity index (χ2n) is 5.97. The Kier molecular flexibility index (Phi) is 6.11. The molecule has 1 aromatic carbocycles. The second kappa shape index (κ2) is 8.51. The van der Waals surface area contributed by atoms with Gasteiger partial charge in [0.25, 0.3) is 0 Å². The molecule has 2 aromatic heterocycles. The molecular formula is C19H22N4OS2. The average molecular weight is 387 g/mol. The first kappa shape index (κ1) is 18.7. The van der Waals surface area contributed by atoms with E-state index in [4.69, 9.17) is 0 Å². The summed E-state index contributed by atoms with van der Waals surface area (Å²) in [6.07, 6.45) is 0. The van der Waals surface area contributed by atoms with E-state index in [9.17, 15) is 4.79 Å². The zero-order valence-electron chi connectivity index (χ0n) is 15.1. The maximum absolute atomic E-state index is 12.7. The Bertz CT molecular complexity index is 846. The van der Waals surface area contributed by atoms with E-state index in [1.165, 1.54) is 11.8 Å². The lowest BCUT2D eigenvalue weighted by molar-refractivity contribution is -0.129. The fraction of sp³-hybridized carbons (Fsp3) is 0.316. The summed E-state index contributed by atoms with van der Waals surface area (Å²) in [6.45, 7) is 5.36. The molecule has 26 heavy (non-hydrogen) atoms. The van der Waals surface area contributed by atoms with Crippen molar-refractivity contribution in [1.82, 2.24) is 19.7 Å². The molecule has 1 amide bonds. The number of hydrogen-bond acceptors (Lipinski definition) is 5. The zero-order chi connectivity index (χ0) is 18.5. The Labute approximate surface area is 162 Å². The summed E-state index contributed by atoms with van der Waals surface area (Å²) < 4.78 is 2.07. The van der Waals surface area contributed by atoms with Gasteiger partial charge < -0.3 is 9.47 Å². The summed E-state index contributed by atoms with van der Waals surface area (Å²) in [5.41, 5.74) is 1.12. The maximum Gasteiger partial charge on any atom is 0.235 e. The van der Waals surface area contributed by atoms with Gasteiger partial charge in [-0.15, -0.1) is 21.5 Å². The number of rotatable bonds is 7. The lowest BCUT2D eigenvalue weighted by Gasteiger charge is -2.21. The minimum Gasteiger partial charge on any atom is -0.340 e. The molecule has 0 bridgehead atoms. The second-order valence-corrected chi connectivity index (χ2v) is 8.22. The van der Waals surface area contributed by atoms with Crippen molar-refractivity contribution < 1.29 is 4.79 Å². The molecule has 1 atom stereocenters. The smallest absolute Gasteiger partial charge is 0.235 e. The van der Waals surface area contributed by atoms with Gasteiger partial charge in [0.2, 0.25) is 5.91 Å². The van der Waals surface area contributed by atoms with Gasteiger partial charge in [-0.25, -0.2) is 0 Å². The summed E-state index contributed by atoms with van der Waals surface area (Å²) in [4.78, 5) is 15.6. The molecule has 0 aliphatic rings. The van der Waals surface area contributed by atoms with Crippen LogP contribution < -0.4 is 0 Å². The van der Waals surface area contributed by atoms with E-state index in [2.05, 4.69) is 21.7 Å². The van der Waals surface area contributed by atoms with Crippen LogP contribution in [0.5, 0.6) is 0 Å². The van der Waals surface area contributed by atoms with Crippen molar-refractivity contribution in [2.24, 2.45) is 0 Å². The topological polar surface area (TPSA) is 51.0 Å². The number of thiophene rings is 1. The number of amides is 1. The summed E-state index contributed by atoms with van der Waals surface area (Å²) in [5.74, 6) is 0.949. The van der Waals surface area contributed by atoms with Crippen molar-refractivity contribution in [3.8, 4) is 10.7 Å². The van der Waals surface area contributed by atoms with Crippen LogP contribution in [0.4, 0.5) is 0 Å². The van der Waals surface area contributed by atoms with Gasteiger partial charge in [0, 0.05) is 20.1 Å². The van der Waals surface area contributed by atoms with Crippen LogP contribution in [-0.2, 0) is 17.9 Å². The van der Waals surface area contributed by atoms with E-state index < -0.39 is 0 Å². The Morgan fingerprint density at radius 3 is 2.65 bits per heavy atom. The molecule has 2 heterocycles. The number of carbonyl (C=O) groups is 1. The number of nitrogens with zero attached hydrogens (tertiary/aromatic N) is 4. The molecule has 0 spiro atoms. The first-order valence-electron chi connectivity index (χ1n) is 8.52. The van der Waals surface area contributed by atoms with Gasteiger partial charge in [-0.1, -0.05) is 48.2 Å². The third-order valence-corrected chi connectivity index (χ3v) is 5.98. The van der Waals surface area contributed by atoms with Crippen LogP contribution in [0.15, 0.2) is 53.0 Å². The molecule has 1 unspecified atom stereocenters. The van der Waals surface area contributed by atoms with E-state index in [0.717, 1.165) is 28.0 Å². The van der Waals surface area contributed by atoms with Crippen LogP contribution in [0.2, 0.25) is 0 Å². The molecule has 136 valence electrons. The lowest BCUT2D eigenvalue weighted by Crippen LogP contribution is -2.33. The molecule has 0 fully saturated rings. The molecular weight excluding hydrogens is 364 g/mol. The Hall–Kier alpha value is -2.12. The van der Waals surface area contributed by atoms with Gasteiger partial charge in [-0.05, 0) is 30.9 Å². The highest BCUT2D eigenvalue weighted by Gasteiger charge is 2.23. The molecule has 3 aromatic rings. The monoisotopic (exact) mass is 386 g/mol. The molecule has 0 N–H and O–H groups in total. The van der Waals surface area contributed by atoms with Crippen molar-refractivity contribution in [1.29, 1.82) is 0 Å². The molecule has 0 aliphatic heterocycles. The van der Waals surface area contributed by atoms with Crippen molar-refractivity contribution >= 4 is 29.0 Å². The van der Waals surface area contributed by atoms with E-state index in [1.807, 2.05) is 61.8 Å². The summed E-state index contributed by atoms with van der Waals surface area (Å²) in [6, 6.07) is 14.1. The van der Waals surface area contributed by atoms with E-state index in [1.54, 1.807) is 16.2 Å². The Morgan fingerprint density at radius 2 is 2.00 bits per heavy atom. The summed E-state index contributed by atoms with van der Waals surface area (Å²) >= 11 is 3.11. The Morgan fingerprint density at radius 1 is 1.23 bits per heavy atom. The molecule has 0 saturated carbocycles. The van der Waals surface area contributed by atoms with Gasteiger partial charge in [0.1, 0.15) is 0 Å². The average Bonchev–Trinajstić information content (AvgIpc) is 3.31. The van der Waals surface area contributed by atoms with Crippen LogP contribution in [0.3, 0.4) is 0 Å². The summed E-state index contributed by atoms with van der Waals surface area (Å²) in [7, 11) is 1.84. The SMILES string of the molecule is CCn1c(SC(C)C(=O)N(C)Cc2ccccc2)nnc1-c1cccs1. The standard InChI is InChI=1S/C19H22N4OS2/c1-4-23-17(16-11-8-12-25-16)20-21-19(23)26-14(2)18(24)22(3)13-15-9-6-5-7-10-15/h5-12,14H,4,13H2,1-3H3. The highest BCUT2D eigenvalue weighted by atomic mass is 32.2. The third kappa shape index (κ3) is 4.16. The van der Waals surface area contributed by atoms with E-state index in [-0.39, 0.29) is 11.2 Å². The van der Waals surface area contributed by atoms with Crippen molar-refractivity contribution in [2.75, 3.05) is 7.05 Å². The van der Waals surface area contributed by atoms with E-state index >= 15 is 0 Å². The number of aromatic nitrogens is 3. The highest BCUT2D eigenvalue weighted by Crippen LogP contribution is 2.29. The van der Waals surface area contributed by atoms with Crippen LogP contribution in [0.25, 0.3) is 10.7 Å². The lowest BCUT2D eigenvalue weighted by atomic mass is 10.2. The van der Waals surface area contributed by atoms with Gasteiger partial charge in [-0.3, -0.25) is 4.79 Å². The number of thioether (sulfide) groups is 1. The minimum atomic E-state index is -0.227. The molecule has 0 aliphatic carbocycles. The molecule has 7 heteroatoms.